The predicted molar refractivity (Wildman–Crippen MR) is 50.2 cm³/mol. The van der Waals surface area contributed by atoms with Gasteiger partial charge in [-0.1, -0.05) is 12.7 Å². The van der Waals surface area contributed by atoms with Crippen LogP contribution in [0.5, 0.6) is 0 Å². The van der Waals surface area contributed by atoms with Crippen molar-refractivity contribution in [2.45, 2.75) is 0 Å². The van der Waals surface area contributed by atoms with Crippen LogP contribution in [0.2, 0.25) is 0 Å². The number of hydrogen-bond acceptors (Lipinski definition) is 5. The van der Waals surface area contributed by atoms with E-state index in [9.17, 15) is 14.4 Å². The molecule has 0 aliphatic heterocycles. The van der Waals surface area contributed by atoms with Crippen molar-refractivity contribution >= 4 is 18.0 Å². The van der Waals surface area contributed by atoms with Gasteiger partial charge in [0.25, 0.3) is 0 Å². The fraction of sp³-hybridized carbons (Fsp3) is 0.375. The molecule has 15 heavy (non-hydrogen) atoms. The summed E-state index contributed by atoms with van der Waals surface area (Å²) in [6, 6.07) is 0. The van der Waals surface area contributed by atoms with Crippen molar-refractivity contribution in [2.75, 3.05) is 19.7 Å². The molecule has 0 unspecified atom stereocenters. The Kier molecular flexibility index (Phi) is 6.56. The standard InChI is InChI=1S/C8H12N2O5/c1-2-3-15-8(14)10-6(11)4-9-5-7(12)13/h2,9H,1,3-5H2,(H,12,13)(H,10,11,14). The number of imide groups is 1. The van der Waals surface area contributed by atoms with Gasteiger partial charge in [0.1, 0.15) is 6.61 Å². The van der Waals surface area contributed by atoms with Crippen molar-refractivity contribution in [3.8, 4) is 0 Å². The van der Waals surface area contributed by atoms with E-state index in [0.29, 0.717) is 0 Å². The van der Waals surface area contributed by atoms with Crippen LogP contribution in [-0.4, -0.2) is 42.8 Å². The van der Waals surface area contributed by atoms with Gasteiger partial charge in [-0.2, -0.15) is 0 Å². The molecule has 0 aliphatic carbocycles. The Hall–Kier alpha value is -1.89. The first-order chi connectivity index (χ1) is 7.06. The molecule has 0 saturated heterocycles. The Morgan fingerprint density at radius 3 is 2.53 bits per heavy atom. The summed E-state index contributed by atoms with van der Waals surface area (Å²) >= 11 is 0. The summed E-state index contributed by atoms with van der Waals surface area (Å²) in [6.45, 7) is 2.69. The highest BCUT2D eigenvalue weighted by molar-refractivity contribution is 5.93. The molecule has 7 heteroatoms. The van der Waals surface area contributed by atoms with Crippen LogP contribution in [0.25, 0.3) is 0 Å². The largest absolute Gasteiger partial charge is 0.480 e. The molecule has 7 nitrogen and oxygen atoms in total. The first kappa shape index (κ1) is 13.1. The van der Waals surface area contributed by atoms with E-state index in [2.05, 4.69) is 16.6 Å². The molecule has 84 valence electrons. The van der Waals surface area contributed by atoms with E-state index in [1.807, 2.05) is 5.32 Å². The molecule has 0 atom stereocenters. The lowest BCUT2D eigenvalue weighted by molar-refractivity contribution is -0.135. The molecule has 0 radical (unpaired) electrons. The minimum Gasteiger partial charge on any atom is -0.480 e. The smallest absolute Gasteiger partial charge is 0.414 e. The van der Waals surface area contributed by atoms with E-state index in [1.165, 1.54) is 6.08 Å². The number of rotatable bonds is 6. The van der Waals surface area contributed by atoms with E-state index < -0.39 is 18.0 Å². The van der Waals surface area contributed by atoms with Gasteiger partial charge in [-0.25, -0.2) is 4.79 Å². The maximum absolute atomic E-state index is 10.9. The lowest BCUT2D eigenvalue weighted by Crippen LogP contribution is -2.39. The number of carboxylic acids is 1. The van der Waals surface area contributed by atoms with Gasteiger partial charge < -0.3 is 9.84 Å². The molecule has 0 aliphatic rings. The summed E-state index contributed by atoms with van der Waals surface area (Å²) in [5, 5.41) is 12.4. The van der Waals surface area contributed by atoms with Gasteiger partial charge in [-0.3, -0.25) is 20.2 Å². The predicted octanol–water partition coefficient (Wildman–Crippen LogP) is -0.901. The second-order valence-electron chi connectivity index (χ2n) is 2.43. The highest BCUT2D eigenvalue weighted by Crippen LogP contribution is 1.77. The van der Waals surface area contributed by atoms with E-state index in [1.54, 1.807) is 0 Å². The van der Waals surface area contributed by atoms with Crippen molar-refractivity contribution in [1.29, 1.82) is 0 Å². The number of carboxylic acid groups (broad SMARTS) is 1. The molecule has 0 aromatic rings. The number of hydrogen-bond donors (Lipinski definition) is 3. The molecule has 0 aromatic carbocycles. The van der Waals surface area contributed by atoms with Crippen LogP contribution in [0.15, 0.2) is 12.7 Å². The van der Waals surface area contributed by atoms with Gasteiger partial charge in [0, 0.05) is 0 Å². The Morgan fingerprint density at radius 1 is 1.33 bits per heavy atom. The molecule has 2 amide bonds. The second-order valence-corrected chi connectivity index (χ2v) is 2.43. The Morgan fingerprint density at radius 2 is 2.00 bits per heavy atom. The van der Waals surface area contributed by atoms with Crippen molar-refractivity contribution in [1.82, 2.24) is 10.6 Å². The Balaban J connectivity index is 3.59. The monoisotopic (exact) mass is 216 g/mol. The lowest BCUT2D eigenvalue weighted by Gasteiger charge is -2.04. The van der Waals surface area contributed by atoms with Crippen LogP contribution in [0.3, 0.4) is 0 Å². The summed E-state index contributed by atoms with van der Waals surface area (Å²) in [6.07, 6.45) is 0.462. The summed E-state index contributed by atoms with van der Waals surface area (Å²) in [5.41, 5.74) is 0. The van der Waals surface area contributed by atoms with Gasteiger partial charge in [0.05, 0.1) is 13.1 Å². The van der Waals surface area contributed by atoms with E-state index >= 15 is 0 Å². The van der Waals surface area contributed by atoms with Crippen LogP contribution in [-0.2, 0) is 14.3 Å². The molecule has 0 heterocycles. The minimum atomic E-state index is -1.09. The molecule has 0 rings (SSSR count). The first-order valence-electron chi connectivity index (χ1n) is 4.06. The Labute approximate surface area is 86.1 Å². The van der Waals surface area contributed by atoms with Crippen LogP contribution in [0.1, 0.15) is 0 Å². The van der Waals surface area contributed by atoms with Crippen molar-refractivity contribution < 1.29 is 24.2 Å². The number of alkyl carbamates (subject to hydrolysis) is 1. The van der Waals surface area contributed by atoms with Crippen LogP contribution in [0, 0.1) is 0 Å². The van der Waals surface area contributed by atoms with Gasteiger partial charge in [0.2, 0.25) is 5.91 Å². The molecule has 0 saturated carbocycles. The molecular formula is C8H12N2O5. The normalized spacial score (nSPS) is 9.07. The molecular weight excluding hydrogens is 204 g/mol. The number of carbonyl (C=O) groups excluding carboxylic acids is 2. The summed E-state index contributed by atoms with van der Waals surface area (Å²) in [7, 11) is 0. The molecule has 0 spiro atoms. The SMILES string of the molecule is C=CCOC(=O)NC(=O)CNCC(=O)O. The first-order valence-corrected chi connectivity index (χ1v) is 4.06. The number of amides is 2. The summed E-state index contributed by atoms with van der Waals surface area (Å²) in [5.74, 6) is -1.75. The third-order valence-electron chi connectivity index (χ3n) is 1.14. The van der Waals surface area contributed by atoms with E-state index in [0.717, 1.165) is 0 Å². The second kappa shape index (κ2) is 7.51. The highest BCUT2D eigenvalue weighted by Gasteiger charge is 2.07. The van der Waals surface area contributed by atoms with Crippen molar-refractivity contribution in [3.63, 3.8) is 0 Å². The number of nitrogens with one attached hydrogen (secondary N) is 2. The van der Waals surface area contributed by atoms with Gasteiger partial charge >= 0.3 is 12.1 Å². The van der Waals surface area contributed by atoms with Gasteiger partial charge in [0.15, 0.2) is 0 Å². The van der Waals surface area contributed by atoms with Crippen molar-refractivity contribution in [3.05, 3.63) is 12.7 Å². The fourth-order valence-corrected chi connectivity index (χ4v) is 0.612. The zero-order chi connectivity index (χ0) is 11.7. The van der Waals surface area contributed by atoms with Gasteiger partial charge in [-0.05, 0) is 0 Å². The van der Waals surface area contributed by atoms with E-state index in [-0.39, 0.29) is 19.7 Å². The average molecular weight is 216 g/mol. The zero-order valence-electron chi connectivity index (χ0n) is 7.99. The van der Waals surface area contributed by atoms with Crippen LogP contribution >= 0.6 is 0 Å². The van der Waals surface area contributed by atoms with Gasteiger partial charge in [-0.15, -0.1) is 0 Å². The highest BCUT2D eigenvalue weighted by atomic mass is 16.5. The average Bonchev–Trinajstić information content (AvgIpc) is 2.14. The molecule has 3 N–H and O–H groups in total. The zero-order valence-corrected chi connectivity index (χ0v) is 7.99. The number of aliphatic carboxylic acids is 1. The fourth-order valence-electron chi connectivity index (χ4n) is 0.612. The topological polar surface area (TPSA) is 105 Å². The number of ether oxygens (including phenoxy) is 1. The Bertz CT molecular complexity index is 264. The quantitative estimate of drug-likeness (QED) is 0.497. The summed E-state index contributed by atoms with van der Waals surface area (Å²) in [4.78, 5) is 31.7. The van der Waals surface area contributed by atoms with Crippen molar-refractivity contribution in [2.24, 2.45) is 0 Å². The lowest BCUT2D eigenvalue weighted by atomic mass is 10.5. The summed E-state index contributed by atoms with van der Waals surface area (Å²) < 4.78 is 4.46. The maximum atomic E-state index is 10.9. The van der Waals surface area contributed by atoms with Crippen LogP contribution in [0.4, 0.5) is 4.79 Å². The molecule has 0 bridgehead atoms. The van der Waals surface area contributed by atoms with E-state index in [4.69, 9.17) is 5.11 Å². The third kappa shape index (κ3) is 8.44. The molecule has 0 fully saturated rings. The maximum Gasteiger partial charge on any atom is 0.414 e. The third-order valence-corrected chi connectivity index (χ3v) is 1.14. The minimum absolute atomic E-state index is 0.00165. The van der Waals surface area contributed by atoms with Crippen LogP contribution < -0.4 is 10.6 Å². The number of carbonyl (C=O) groups is 3. The molecule has 0 aromatic heterocycles.